The van der Waals surface area contributed by atoms with E-state index in [2.05, 4.69) is 15.3 Å². The molecule has 1 aromatic carbocycles. The van der Waals surface area contributed by atoms with Crippen molar-refractivity contribution in [3.05, 3.63) is 66.6 Å². The predicted octanol–water partition coefficient (Wildman–Crippen LogP) is 3.75. The number of benzene rings is 1. The number of fused-ring (bicyclic) bond motifs is 1. The van der Waals surface area contributed by atoms with Gasteiger partial charge in [-0.2, -0.15) is 0 Å². The average molecular weight is 347 g/mol. The third-order valence-corrected chi connectivity index (χ3v) is 4.82. The van der Waals surface area contributed by atoms with Gasteiger partial charge in [0.2, 0.25) is 5.88 Å². The van der Waals surface area contributed by atoms with Crippen LogP contribution in [0.2, 0.25) is 0 Å². The number of aromatic nitrogens is 2. The largest absolute Gasteiger partial charge is 0.474 e. The lowest BCUT2D eigenvalue weighted by atomic mass is 9.92. The van der Waals surface area contributed by atoms with E-state index in [4.69, 9.17) is 4.74 Å². The van der Waals surface area contributed by atoms with Crippen molar-refractivity contribution in [3.63, 3.8) is 0 Å². The molecule has 3 aromatic rings. The Hall–Kier alpha value is -2.95. The summed E-state index contributed by atoms with van der Waals surface area (Å²) < 4.78 is 5.91. The summed E-state index contributed by atoms with van der Waals surface area (Å²) in [6.45, 7) is 0. The monoisotopic (exact) mass is 347 g/mol. The predicted molar refractivity (Wildman–Crippen MR) is 100 cm³/mol. The van der Waals surface area contributed by atoms with Gasteiger partial charge in [0.05, 0.1) is 0 Å². The molecule has 26 heavy (non-hydrogen) atoms. The molecule has 0 spiro atoms. The van der Waals surface area contributed by atoms with E-state index in [0.29, 0.717) is 11.6 Å². The minimum atomic E-state index is -0.101. The van der Waals surface area contributed by atoms with Crippen molar-refractivity contribution in [1.82, 2.24) is 15.3 Å². The van der Waals surface area contributed by atoms with Crippen LogP contribution in [0.15, 0.2) is 60.9 Å². The molecular formula is C21H21N3O2. The zero-order valence-corrected chi connectivity index (χ0v) is 14.5. The van der Waals surface area contributed by atoms with Gasteiger partial charge in [-0.1, -0.05) is 30.3 Å². The van der Waals surface area contributed by atoms with Crippen LogP contribution in [0.4, 0.5) is 0 Å². The van der Waals surface area contributed by atoms with Crippen molar-refractivity contribution < 1.29 is 9.53 Å². The van der Waals surface area contributed by atoms with Crippen LogP contribution in [0.1, 0.15) is 36.2 Å². The Morgan fingerprint density at radius 2 is 1.73 bits per heavy atom. The normalized spacial score (nSPS) is 19.8. The van der Waals surface area contributed by atoms with E-state index in [-0.39, 0.29) is 18.1 Å². The topological polar surface area (TPSA) is 64.1 Å². The Bertz CT molecular complexity index is 885. The molecule has 2 heterocycles. The van der Waals surface area contributed by atoms with Gasteiger partial charge >= 0.3 is 0 Å². The Labute approximate surface area is 152 Å². The van der Waals surface area contributed by atoms with Gasteiger partial charge in [-0.25, -0.2) is 4.98 Å². The van der Waals surface area contributed by atoms with Crippen LogP contribution < -0.4 is 10.1 Å². The first-order chi connectivity index (χ1) is 12.8. The highest BCUT2D eigenvalue weighted by atomic mass is 16.5. The van der Waals surface area contributed by atoms with Gasteiger partial charge in [0, 0.05) is 29.9 Å². The fourth-order valence-electron chi connectivity index (χ4n) is 3.47. The van der Waals surface area contributed by atoms with Crippen molar-refractivity contribution in [2.24, 2.45) is 0 Å². The SMILES string of the molecule is O=C(NC1CCC(Oc2ccccn2)CC1)c1nccc2ccccc12. The summed E-state index contributed by atoms with van der Waals surface area (Å²) in [5.74, 6) is 0.566. The van der Waals surface area contributed by atoms with Crippen LogP contribution in [0.5, 0.6) is 5.88 Å². The number of carbonyl (C=O) groups excluding carboxylic acids is 1. The van der Waals surface area contributed by atoms with E-state index in [9.17, 15) is 4.79 Å². The molecule has 0 aliphatic heterocycles. The number of pyridine rings is 2. The van der Waals surface area contributed by atoms with E-state index in [1.54, 1.807) is 12.4 Å². The third-order valence-electron chi connectivity index (χ3n) is 4.82. The second-order valence-electron chi connectivity index (χ2n) is 6.61. The fraction of sp³-hybridized carbons (Fsp3) is 0.286. The van der Waals surface area contributed by atoms with E-state index < -0.39 is 0 Å². The van der Waals surface area contributed by atoms with Gasteiger partial charge in [0.25, 0.3) is 5.91 Å². The molecule has 4 rings (SSSR count). The van der Waals surface area contributed by atoms with Crippen molar-refractivity contribution in [3.8, 4) is 5.88 Å². The quantitative estimate of drug-likeness (QED) is 0.781. The first-order valence-corrected chi connectivity index (χ1v) is 9.02. The molecule has 5 nitrogen and oxygen atoms in total. The number of ether oxygens (including phenoxy) is 1. The molecule has 0 atom stereocenters. The summed E-state index contributed by atoms with van der Waals surface area (Å²) in [6.07, 6.45) is 7.19. The highest BCUT2D eigenvalue weighted by Gasteiger charge is 2.25. The molecule has 1 saturated carbocycles. The van der Waals surface area contributed by atoms with Gasteiger partial charge in [-0.15, -0.1) is 0 Å². The average Bonchev–Trinajstić information content (AvgIpc) is 2.70. The number of hydrogen-bond acceptors (Lipinski definition) is 4. The zero-order chi connectivity index (χ0) is 17.8. The fourth-order valence-corrected chi connectivity index (χ4v) is 3.47. The number of nitrogens with one attached hydrogen (secondary N) is 1. The van der Waals surface area contributed by atoms with Crippen molar-refractivity contribution >= 4 is 16.7 Å². The second kappa shape index (κ2) is 7.52. The van der Waals surface area contributed by atoms with Crippen LogP contribution in [0, 0.1) is 0 Å². The molecule has 1 aliphatic rings. The van der Waals surface area contributed by atoms with Crippen LogP contribution in [0.25, 0.3) is 10.8 Å². The van der Waals surface area contributed by atoms with Gasteiger partial charge < -0.3 is 10.1 Å². The lowest BCUT2D eigenvalue weighted by molar-refractivity contribution is 0.0887. The molecule has 1 aliphatic carbocycles. The summed E-state index contributed by atoms with van der Waals surface area (Å²) in [4.78, 5) is 21.2. The van der Waals surface area contributed by atoms with Crippen LogP contribution in [-0.2, 0) is 0 Å². The molecule has 132 valence electrons. The van der Waals surface area contributed by atoms with E-state index in [1.807, 2.05) is 48.5 Å². The molecule has 0 radical (unpaired) electrons. The summed E-state index contributed by atoms with van der Waals surface area (Å²) in [7, 11) is 0. The molecule has 0 unspecified atom stereocenters. The van der Waals surface area contributed by atoms with E-state index >= 15 is 0 Å². The van der Waals surface area contributed by atoms with Crippen molar-refractivity contribution in [1.29, 1.82) is 0 Å². The minimum Gasteiger partial charge on any atom is -0.474 e. The van der Waals surface area contributed by atoms with Gasteiger partial charge in [-0.05, 0) is 43.2 Å². The number of nitrogens with zero attached hydrogens (tertiary/aromatic N) is 2. The lowest BCUT2D eigenvalue weighted by Gasteiger charge is -2.29. The first kappa shape index (κ1) is 16.5. The summed E-state index contributed by atoms with van der Waals surface area (Å²) >= 11 is 0. The zero-order valence-electron chi connectivity index (χ0n) is 14.5. The van der Waals surface area contributed by atoms with Crippen LogP contribution in [-0.4, -0.2) is 28.0 Å². The Morgan fingerprint density at radius 3 is 2.54 bits per heavy atom. The molecule has 0 saturated heterocycles. The maximum atomic E-state index is 12.7. The van der Waals surface area contributed by atoms with Gasteiger partial charge in [0.15, 0.2) is 0 Å². The van der Waals surface area contributed by atoms with Gasteiger partial charge in [-0.3, -0.25) is 9.78 Å². The molecule has 1 fully saturated rings. The number of rotatable bonds is 4. The lowest BCUT2D eigenvalue weighted by Crippen LogP contribution is -2.40. The Balaban J connectivity index is 1.36. The van der Waals surface area contributed by atoms with E-state index in [0.717, 1.165) is 36.5 Å². The first-order valence-electron chi connectivity index (χ1n) is 9.02. The smallest absolute Gasteiger partial charge is 0.270 e. The molecular weight excluding hydrogens is 326 g/mol. The Kier molecular flexibility index (Phi) is 4.78. The molecule has 1 amide bonds. The number of amides is 1. The highest BCUT2D eigenvalue weighted by molar-refractivity contribution is 6.05. The summed E-state index contributed by atoms with van der Waals surface area (Å²) in [5.41, 5.74) is 0.495. The maximum Gasteiger partial charge on any atom is 0.270 e. The van der Waals surface area contributed by atoms with Crippen molar-refractivity contribution in [2.45, 2.75) is 37.8 Å². The minimum absolute atomic E-state index is 0.101. The highest BCUT2D eigenvalue weighted by Crippen LogP contribution is 2.23. The Morgan fingerprint density at radius 1 is 0.923 bits per heavy atom. The maximum absolute atomic E-state index is 12.7. The van der Waals surface area contributed by atoms with Crippen molar-refractivity contribution in [2.75, 3.05) is 0 Å². The molecule has 0 bridgehead atoms. The number of hydrogen-bond donors (Lipinski definition) is 1. The third kappa shape index (κ3) is 3.67. The molecule has 1 N–H and O–H groups in total. The van der Waals surface area contributed by atoms with Crippen LogP contribution in [0.3, 0.4) is 0 Å². The molecule has 2 aromatic heterocycles. The standard InChI is InChI=1S/C21H21N3O2/c25-21(20-18-6-2-1-5-15(18)12-14-23-20)24-16-8-10-17(11-9-16)26-19-7-3-4-13-22-19/h1-7,12-14,16-17H,8-11H2,(H,24,25). The van der Waals surface area contributed by atoms with Crippen LogP contribution >= 0.6 is 0 Å². The summed E-state index contributed by atoms with van der Waals surface area (Å²) in [5, 5.41) is 5.06. The molecule has 5 heteroatoms. The summed E-state index contributed by atoms with van der Waals surface area (Å²) in [6, 6.07) is 15.6. The number of carbonyl (C=O) groups is 1. The van der Waals surface area contributed by atoms with E-state index in [1.165, 1.54) is 0 Å². The second-order valence-corrected chi connectivity index (χ2v) is 6.61. The van der Waals surface area contributed by atoms with Gasteiger partial charge in [0.1, 0.15) is 11.8 Å².